The number of aryl methyl sites for hydroxylation is 1. The van der Waals surface area contributed by atoms with Gasteiger partial charge < -0.3 is 19.5 Å². The van der Waals surface area contributed by atoms with Gasteiger partial charge in [0.2, 0.25) is 0 Å². The zero-order chi connectivity index (χ0) is 11.6. The van der Waals surface area contributed by atoms with E-state index in [1.165, 1.54) is 6.20 Å². The van der Waals surface area contributed by atoms with Gasteiger partial charge in [0.05, 0.1) is 11.2 Å². The van der Waals surface area contributed by atoms with Crippen LogP contribution in [-0.4, -0.2) is 25.6 Å². The molecule has 0 saturated heterocycles. The van der Waals surface area contributed by atoms with Crippen molar-refractivity contribution in [3.8, 4) is 5.75 Å². The molecule has 1 aromatic rings. The Hall–Kier alpha value is -0.810. The van der Waals surface area contributed by atoms with E-state index in [9.17, 15) is 9.36 Å². The third kappa shape index (κ3) is 3.68. The van der Waals surface area contributed by atoms with Crippen molar-refractivity contribution in [1.29, 1.82) is 0 Å². The monoisotopic (exact) mass is 253 g/mol. The molecule has 0 fully saturated rings. The van der Waals surface area contributed by atoms with Crippen LogP contribution in [0, 0.1) is 0 Å². The number of hydrogen-bond donors (Lipinski definition) is 3. The van der Waals surface area contributed by atoms with Crippen molar-refractivity contribution < 1.29 is 19.5 Å². The van der Waals surface area contributed by atoms with Gasteiger partial charge in [-0.3, -0.25) is 9.36 Å². The first-order valence-electron chi connectivity index (χ1n) is 3.93. The topological polar surface area (TPSA) is 99.8 Å². The minimum absolute atomic E-state index is 0.123. The first-order chi connectivity index (χ1) is 6.79. The highest BCUT2D eigenvalue weighted by atomic mass is 35.5. The smallest absolute Gasteiger partial charge is 0.327 e. The summed E-state index contributed by atoms with van der Waals surface area (Å²) in [4.78, 5) is 28.5. The van der Waals surface area contributed by atoms with Gasteiger partial charge in [-0.2, -0.15) is 0 Å². The van der Waals surface area contributed by atoms with Crippen molar-refractivity contribution in [3.63, 3.8) is 0 Å². The number of aromatic hydroxyl groups is 1. The predicted molar refractivity (Wildman–Crippen MR) is 54.3 cm³/mol. The van der Waals surface area contributed by atoms with Gasteiger partial charge in [0.25, 0.3) is 5.56 Å². The van der Waals surface area contributed by atoms with Crippen molar-refractivity contribution in [1.82, 2.24) is 4.57 Å². The summed E-state index contributed by atoms with van der Waals surface area (Å²) in [5, 5.41) is 9.22. The minimum atomic E-state index is -4.17. The second-order valence-corrected chi connectivity index (χ2v) is 5.14. The van der Waals surface area contributed by atoms with E-state index >= 15 is 0 Å². The predicted octanol–water partition coefficient (Wildman–Crippen LogP) is 0.385. The number of nitrogens with zero attached hydrogens (tertiary/aromatic N) is 1. The van der Waals surface area contributed by atoms with Crippen LogP contribution in [0.4, 0.5) is 0 Å². The minimum Gasteiger partial charge on any atom is -0.503 e. The summed E-state index contributed by atoms with van der Waals surface area (Å²) in [6.45, 7) is -0.197. The fourth-order valence-electron chi connectivity index (χ4n) is 0.988. The Morgan fingerprint density at radius 1 is 1.47 bits per heavy atom. The molecular weight excluding hydrogens is 245 g/mol. The van der Waals surface area contributed by atoms with Gasteiger partial charge in [0.15, 0.2) is 5.75 Å². The van der Waals surface area contributed by atoms with Crippen LogP contribution in [0.25, 0.3) is 0 Å². The lowest BCUT2D eigenvalue weighted by Crippen LogP contribution is -2.20. The first-order valence-corrected chi connectivity index (χ1v) is 6.11. The van der Waals surface area contributed by atoms with E-state index in [1.54, 1.807) is 0 Å². The Bertz CT molecular complexity index is 465. The Morgan fingerprint density at radius 2 is 2.07 bits per heavy atom. The maximum absolute atomic E-state index is 11.2. The third-order valence-corrected chi connectivity index (χ3v) is 2.66. The zero-order valence-electron chi connectivity index (χ0n) is 7.50. The molecular formula is C7H9ClNO5P. The maximum atomic E-state index is 11.2. The number of aromatic nitrogens is 1. The Kier molecular flexibility index (Phi) is 3.57. The Morgan fingerprint density at radius 3 is 2.60 bits per heavy atom. The zero-order valence-corrected chi connectivity index (χ0v) is 9.15. The summed E-state index contributed by atoms with van der Waals surface area (Å²) in [5.41, 5.74) is -0.729. The van der Waals surface area contributed by atoms with Crippen molar-refractivity contribution >= 4 is 19.2 Å². The van der Waals surface area contributed by atoms with Gasteiger partial charge in [0, 0.05) is 18.8 Å². The van der Waals surface area contributed by atoms with E-state index in [0.717, 1.165) is 10.6 Å². The summed E-state index contributed by atoms with van der Waals surface area (Å²) < 4.78 is 11.5. The second-order valence-electron chi connectivity index (χ2n) is 2.93. The summed E-state index contributed by atoms with van der Waals surface area (Å²) >= 11 is 5.56. The lowest BCUT2D eigenvalue weighted by atomic mass is 10.4. The molecule has 6 nitrogen and oxygen atoms in total. The number of rotatable bonds is 3. The van der Waals surface area contributed by atoms with Crippen LogP contribution in [0.15, 0.2) is 17.1 Å². The molecule has 1 aromatic heterocycles. The average molecular weight is 254 g/mol. The first kappa shape index (κ1) is 12.3. The maximum Gasteiger partial charge on any atom is 0.327 e. The van der Waals surface area contributed by atoms with E-state index in [4.69, 9.17) is 26.5 Å². The van der Waals surface area contributed by atoms with Crippen molar-refractivity contribution in [3.05, 3.63) is 27.6 Å². The molecule has 0 saturated carbocycles. The molecule has 15 heavy (non-hydrogen) atoms. The summed E-state index contributed by atoms with van der Waals surface area (Å²) in [5.74, 6) is -0.548. The number of hydrogen-bond acceptors (Lipinski definition) is 3. The van der Waals surface area contributed by atoms with Gasteiger partial charge in [-0.25, -0.2) is 0 Å². The van der Waals surface area contributed by atoms with Crippen molar-refractivity contribution in [2.24, 2.45) is 0 Å². The van der Waals surface area contributed by atoms with Crippen LogP contribution in [-0.2, 0) is 11.1 Å². The molecule has 1 rings (SSSR count). The Labute approximate surface area is 89.9 Å². The molecule has 0 aliphatic heterocycles. The van der Waals surface area contributed by atoms with Crippen LogP contribution < -0.4 is 5.56 Å². The largest absolute Gasteiger partial charge is 0.503 e. The fourth-order valence-corrected chi connectivity index (χ4v) is 1.69. The van der Waals surface area contributed by atoms with Crippen LogP contribution in [0.1, 0.15) is 0 Å². The molecule has 0 bridgehead atoms. The fraction of sp³-hybridized carbons (Fsp3) is 0.286. The molecule has 0 aromatic carbocycles. The van der Waals surface area contributed by atoms with Crippen LogP contribution in [0.3, 0.4) is 0 Å². The molecule has 0 unspecified atom stereocenters. The molecule has 0 amide bonds. The molecule has 3 N–H and O–H groups in total. The van der Waals surface area contributed by atoms with Crippen LogP contribution >= 0.6 is 19.2 Å². The van der Waals surface area contributed by atoms with Crippen molar-refractivity contribution in [2.45, 2.75) is 6.54 Å². The average Bonchev–Trinajstić information content (AvgIpc) is 2.07. The quantitative estimate of drug-likeness (QED) is 0.677. The lowest BCUT2D eigenvalue weighted by molar-refractivity contribution is 0.369. The second kappa shape index (κ2) is 4.37. The summed E-state index contributed by atoms with van der Waals surface area (Å²) in [6.07, 6.45) is 0.728. The highest BCUT2D eigenvalue weighted by Crippen LogP contribution is 2.33. The number of halogens is 1. The van der Waals surface area contributed by atoms with Crippen LogP contribution in [0.5, 0.6) is 5.75 Å². The molecule has 8 heteroatoms. The van der Waals surface area contributed by atoms with E-state index in [1.807, 2.05) is 0 Å². The third-order valence-electron chi connectivity index (χ3n) is 1.67. The van der Waals surface area contributed by atoms with E-state index in [-0.39, 0.29) is 11.6 Å². The van der Waals surface area contributed by atoms with Crippen molar-refractivity contribution in [2.75, 3.05) is 6.16 Å². The van der Waals surface area contributed by atoms with Gasteiger partial charge in [-0.15, -0.1) is 0 Å². The van der Waals surface area contributed by atoms with E-state index in [2.05, 4.69) is 0 Å². The molecule has 0 atom stereocenters. The lowest BCUT2D eigenvalue weighted by Gasteiger charge is -2.07. The normalized spacial score (nSPS) is 11.7. The van der Waals surface area contributed by atoms with Gasteiger partial charge in [-0.05, 0) is 0 Å². The number of pyridine rings is 1. The Balaban J connectivity index is 2.96. The highest BCUT2D eigenvalue weighted by Gasteiger charge is 2.14. The molecule has 0 aliphatic rings. The molecule has 0 radical (unpaired) electrons. The van der Waals surface area contributed by atoms with E-state index < -0.39 is 25.1 Å². The van der Waals surface area contributed by atoms with Crippen LogP contribution in [0.2, 0.25) is 5.02 Å². The van der Waals surface area contributed by atoms with E-state index in [0.29, 0.717) is 0 Å². The summed E-state index contributed by atoms with van der Waals surface area (Å²) in [7, 11) is -4.17. The summed E-state index contributed by atoms with van der Waals surface area (Å²) in [6, 6.07) is 1.07. The molecule has 0 aliphatic carbocycles. The molecule has 0 spiro atoms. The molecule has 84 valence electrons. The van der Waals surface area contributed by atoms with Gasteiger partial charge in [-0.1, -0.05) is 11.6 Å². The molecule has 1 heterocycles. The standard InChI is InChI=1S/C7H9ClNO5P/c8-5-3-6(10)7(11)9(4-5)1-2-15(12,13)14/h3-4,10H,1-2H2,(H2,12,13,14). The van der Waals surface area contributed by atoms with Gasteiger partial charge >= 0.3 is 7.60 Å². The SMILES string of the molecule is O=c1c(O)cc(Cl)cn1CCP(=O)(O)O. The highest BCUT2D eigenvalue weighted by molar-refractivity contribution is 7.51. The van der Waals surface area contributed by atoms with Gasteiger partial charge in [0.1, 0.15) is 0 Å².